The van der Waals surface area contributed by atoms with Crippen LogP contribution in [-0.4, -0.2) is 44.4 Å². The summed E-state index contributed by atoms with van der Waals surface area (Å²) < 4.78 is 15.2. The molecule has 0 bridgehead atoms. The third-order valence-corrected chi connectivity index (χ3v) is 5.10. The van der Waals surface area contributed by atoms with E-state index in [0.717, 1.165) is 11.3 Å². The Bertz CT molecular complexity index is 892. The van der Waals surface area contributed by atoms with Gasteiger partial charge in [-0.15, -0.1) is 10.2 Å². The Kier molecular flexibility index (Phi) is 6.24. The normalized spacial score (nSPS) is 10.8. The van der Waals surface area contributed by atoms with Gasteiger partial charge in [0.1, 0.15) is 5.82 Å². The molecule has 27 heavy (non-hydrogen) atoms. The average Bonchev–Trinajstić information content (AvgIpc) is 3.12. The summed E-state index contributed by atoms with van der Waals surface area (Å²) in [4.78, 5) is 14.1. The fourth-order valence-electron chi connectivity index (χ4n) is 2.75. The SMILES string of the molecule is CCN(CC)C(=O)CSc1nnc(-c2ccc(F)cc2)n1-c1ccccc1. The minimum absolute atomic E-state index is 0.0657. The quantitative estimate of drug-likeness (QED) is 0.577. The molecule has 3 rings (SSSR count). The van der Waals surface area contributed by atoms with Gasteiger partial charge >= 0.3 is 0 Å². The van der Waals surface area contributed by atoms with Gasteiger partial charge in [0.2, 0.25) is 5.91 Å². The van der Waals surface area contributed by atoms with Crippen molar-refractivity contribution in [1.82, 2.24) is 19.7 Å². The number of carbonyl (C=O) groups excluding carboxylic acids is 1. The molecule has 1 aromatic heterocycles. The summed E-state index contributed by atoms with van der Waals surface area (Å²) in [6.07, 6.45) is 0. The molecule has 0 spiro atoms. The molecule has 0 N–H and O–H groups in total. The lowest BCUT2D eigenvalue weighted by Crippen LogP contribution is -2.31. The van der Waals surface area contributed by atoms with Gasteiger partial charge in [-0.1, -0.05) is 30.0 Å². The molecule has 0 aliphatic rings. The van der Waals surface area contributed by atoms with Gasteiger partial charge in [-0.3, -0.25) is 9.36 Å². The highest BCUT2D eigenvalue weighted by atomic mass is 32.2. The molecule has 0 unspecified atom stereocenters. The zero-order chi connectivity index (χ0) is 19.2. The smallest absolute Gasteiger partial charge is 0.233 e. The molecule has 7 heteroatoms. The maximum absolute atomic E-state index is 13.3. The number of para-hydroxylation sites is 1. The third-order valence-electron chi connectivity index (χ3n) is 4.19. The van der Waals surface area contributed by atoms with E-state index < -0.39 is 0 Å². The molecule has 1 amide bonds. The predicted molar refractivity (Wildman–Crippen MR) is 105 cm³/mol. The van der Waals surface area contributed by atoms with Crippen molar-refractivity contribution in [1.29, 1.82) is 0 Å². The van der Waals surface area contributed by atoms with E-state index >= 15 is 0 Å². The van der Waals surface area contributed by atoms with Crippen molar-refractivity contribution >= 4 is 17.7 Å². The molecule has 0 saturated heterocycles. The fourth-order valence-corrected chi connectivity index (χ4v) is 3.61. The third kappa shape index (κ3) is 4.36. The molecule has 3 aromatic rings. The van der Waals surface area contributed by atoms with E-state index in [-0.39, 0.29) is 17.5 Å². The summed E-state index contributed by atoms with van der Waals surface area (Å²) in [5.41, 5.74) is 1.65. The van der Waals surface area contributed by atoms with E-state index in [1.54, 1.807) is 17.0 Å². The van der Waals surface area contributed by atoms with Crippen LogP contribution in [0.25, 0.3) is 17.1 Å². The van der Waals surface area contributed by atoms with Crippen molar-refractivity contribution < 1.29 is 9.18 Å². The van der Waals surface area contributed by atoms with Crippen molar-refractivity contribution in [2.75, 3.05) is 18.8 Å². The Hall–Kier alpha value is -2.67. The van der Waals surface area contributed by atoms with Crippen LogP contribution in [-0.2, 0) is 4.79 Å². The zero-order valence-electron chi connectivity index (χ0n) is 15.3. The van der Waals surface area contributed by atoms with E-state index in [1.165, 1.54) is 23.9 Å². The minimum atomic E-state index is -0.302. The van der Waals surface area contributed by atoms with Gasteiger partial charge < -0.3 is 4.90 Å². The van der Waals surface area contributed by atoms with Crippen molar-refractivity contribution in [3.05, 3.63) is 60.4 Å². The fraction of sp³-hybridized carbons (Fsp3) is 0.250. The maximum atomic E-state index is 13.3. The molecule has 1 heterocycles. The van der Waals surface area contributed by atoms with E-state index in [4.69, 9.17) is 0 Å². The van der Waals surface area contributed by atoms with Gasteiger partial charge in [-0.05, 0) is 50.2 Å². The van der Waals surface area contributed by atoms with Crippen LogP contribution in [0.4, 0.5) is 4.39 Å². The summed E-state index contributed by atoms with van der Waals surface area (Å²) in [7, 11) is 0. The number of nitrogens with zero attached hydrogens (tertiary/aromatic N) is 4. The number of thioether (sulfide) groups is 1. The van der Waals surface area contributed by atoms with Crippen molar-refractivity contribution in [3.8, 4) is 17.1 Å². The van der Waals surface area contributed by atoms with Crippen LogP contribution >= 0.6 is 11.8 Å². The lowest BCUT2D eigenvalue weighted by Gasteiger charge is -2.18. The lowest BCUT2D eigenvalue weighted by atomic mass is 10.2. The number of rotatable bonds is 7. The van der Waals surface area contributed by atoms with Crippen LogP contribution < -0.4 is 0 Å². The number of hydrogen-bond donors (Lipinski definition) is 0. The largest absolute Gasteiger partial charge is 0.343 e. The van der Waals surface area contributed by atoms with Gasteiger partial charge in [0.05, 0.1) is 5.75 Å². The van der Waals surface area contributed by atoms with Crippen LogP contribution in [0, 0.1) is 5.82 Å². The van der Waals surface area contributed by atoms with Gasteiger partial charge in [-0.2, -0.15) is 0 Å². The van der Waals surface area contributed by atoms with E-state index in [1.807, 2.05) is 48.7 Å². The monoisotopic (exact) mass is 384 g/mol. The van der Waals surface area contributed by atoms with Crippen molar-refractivity contribution in [3.63, 3.8) is 0 Å². The van der Waals surface area contributed by atoms with Crippen LogP contribution in [0.3, 0.4) is 0 Å². The highest BCUT2D eigenvalue weighted by molar-refractivity contribution is 7.99. The molecule has 0 atom stereocenters. The van der Waals surface area contributed by atoms with Gasteiger partial charge in [0, 0.05) is 24.3 Å². The van der Waals surface area contributed by atoms with Crippen LogP contribution in [0.15, 0.2) is 59.8 Å². The first-order valence-corrected chi connectivity index (χ1v) is 9.80. The van der Waals surface area contributed by atoms with Gasteiger partial charge in [0.25, 0.3) is 0 Å². The minimum Gasteiger partial charge on any atom is -0.343 e. The highest BCUT2D eigenvalue weighted by Crippen LogP contribution is 2.28. The van der Waals surface area contributed by atoms with Gasteiger partial charge in [-0.25, -0.2) is 4.39 Å². The standard InChI is InChI=1S/C20H21FN4OS/c1-3-24(4-2)18(26)14-27-20-23-22-19(15-10-12-16(21)13-11-15)25(20)17-8-6-5-7-9-17/h5-13H,3-4,14H2,1-2H3. The summed E-state index contributed by atoms with van der Waals surface area (Å²) in [6, 6.07) is 15.8. The van der Waals surface area contributed by atoms with E-state index in [2.05, 4.69) is 10.2 Å². The lowest BCUT2D eigenvalue weighted by molar-refractivity contribution is -0.127. The Morgan fingerprint density at radius 1 is 1.04 bits per heavy atom. The number of halogens is 1. The molecular weight excluding hydrogens is 363 g/mol. The van der Waals surface area contributed by atoms with Crippen LogP contribution in [0.5, 0.6) is 0 Å². The first-order valence-electron chi connectivity index (χ1n) is 8.81. The summed E-state index contributed by atoms with van der Waals surface area (Å²) in [5.74, 6) is 0.662. The molecular formula is C20H21FN4OS. The highest BCUT2D eigenvalue weighted by Gasteiger charge is 2.18. The second kappa shape index (κ2) is 8.81. The second-order valence-corrected chi connectivity index (χ2v) is 6.78. The summed E-state index contributed by atoms with van der Waals surface area (Å²) in [6.45, 7) is 5.29. The summed E-state index contributed by atoms with van der Waals surface area (Å²) in [5, 5.41) is 9.21. The average molecular weight is 384 g/mol. The molecule has 140 valence electrons. The Morgan fingerprint density at radius 2 is 1.70 bits per heavy atom. The molecule has 5 nitrogen and oxygen atoms in total. The molecule has 0 aliphatic heterocycles. The van der Waals surface area contributed by atoms with Crippen LogP contribution in [0.2, 0.25) is 0 Å². The number of benzene rings is 2. The molecule has 0 saturated carbocycles. The van der Waals surface area contributed by atoms with Crippen molar-refractivity contribution in [2.45, 2.75) is 19.0 Å². The van der Waals surface area contributed by atoms with E-state index in [9.17, 15) is 9.18 Å². The van der Waals surface area contributed by atoms with Gasteiger partial charge in [0.15, 0.2) is 11.0 Å². The van der Waals surface area contributed by atoms with E-state index in [0.29, 0.717) is 24.1 Å². The number of aromatic nitrogens is 3. The predicted octanol–water partition coefficient (Wildman–Crippen LogP) is 4.03. The zero-order valence-corrected chi connectivity index (χ0v) is 16.1. The topological polar surface area (TPSA) is 51.0 Å². The molecule has 0 aliphatic carbocycles. The Labute approximate surface area is 162 Å². The number of amides is 1. The summed E-state index contributed by atoms with van der Waals surface area (Å²) >= 11 is 1.35. The second-order valence-electron chi connectivity index (χ2n) is 5.84. The number of hydrogen-bond acceptors (Lipinski definition) is 4. The molecule has 0 radical (unpaired) electrons. The first-order chi connectivity index (χ1) is 13.1. The first kappa shape index (κ1) is 19.1. The maximum Gasteiger partial charge on any atom is 0.233 e. The molecule has 0 fully saturated rings. The molecule has 2 aromatic carbocycles. The van der Waals surface area contributed by atoms with Crippen molar-refractivity contribution in [2.24, 2.45) is 0 Å². The Morgan fingerprint density at radius 3 is 2.33 bits per heavy atom. The number of carbonyl (C=O) groups is 1. The Balaban J connectivity index is 1.95. The van der Waals surface area contributed by atoms with Crippen LogP contribution in [0.1, 0.15) is 13.8 Å².